The lowest BCUT2D eigenvalue weighted by atomic mass is 9.80. The van der Waals surface area contributed by atoms with Crippen LogP contribution in [-0.4, -0.2) is 58.5 Å². The van der Waals surface area contributed by atoms with E-state index >= 15 is 0 Å². The molecule has 1 aliphatic heterocycles. The van der Waals surface area contributed by atoms with E-state index in [4.69, 9.17) is 47.5 Å². The van der Waals surface area contributed by atoms with Crippen LogP contribution in [0.2, 0.25) is 0 Å². The Morgan fingerprint density at radius 3 is 2.08 bits per heavy atom. The minimum Gasteiger partial charge on any atom is -0.497 e. The summed E-state index contributed by atoms with van der Waals surface area (Å²) >= 11 is 10.7. The van der Waals surface area contributed by atoms with Gasteiger partial charge in [0.15, 0.2) is 28.8 Å². The van der Waals surface area contributed by atoms with Crippen LogP contribution >= 0.6 is 6.13 Å². The van der Waals surface area contributed by atoms with Crippen LogP contribution in [0.1, 0.15) is 39.7 Å². The molecule has 4 aromatic carbocycles. The summed E-state index contributed by atoms with van der Waals surface area (Å²) in [5.41, 5.74) is 3.01. The number of benzene rings is 4. The highest BCUT2D eigenvalue weighted by Gasteiger charge is 2.44. The molecule has 1 N–H and O–H groups in total. The Morgan fingerprint density at radius 2 is 1.48 bits per heavy atom. The van der Waals surface area contributed by atoms with Crippen molar-refractivity contribution in [1.82, 2.24) is 19.5 Å². The summed E-state index contributed by atoms with van der Waals surface area (Å²) in [5, 5.41) is 2.85. The summed E-state index contributed by atoms with van der Waals surface area (Å²) in [4.78, 5) is 26.3. The second-order valence-corrected chi connectivity index (χ2v) is 15.3. The number of aromatic nitrogens is 4. The van der Waals surface area contributed by atoms with Gasteiger partial charge < -0.3 is 36.5 Å². The molecule has 7 rings (SSSR count). The van der Waals surface area contributed by atoms with Gasteiger partial charge in [0.1, 0.15) is 41.9 Å². The summed E-state index contributed by atoms with van der Waals surface area (Å²) in [6.45, 7) is 0.113. The van der Waals surface area contributed by atoms with Gasteiger partial charge in [0, 0.05) is 12.0 Å². The van der Waals surface area contributed by atoms with Crippen LogP contribution in [0, 0.1) is 0 Å². The number of hydrogen-bond acceptors (Lipinski definition) is 11. The Balaban J connectivity index is 1.22. The third-order valence-electron chi connectivity index (χ3n) is 8.98. The number of nitrogens with one attached hydrogen (secondary N) is 1. The fourth-order valence-electron chi connectivity index (χ4n) is 6.45. The third kappa shape index (κ3) is 7.29. The molecule has 264 valence electrons. The zero-order chi connectivity index (χ0) is 36.1. The van der Waals surface area contributed by atoms with Gasteiger partial charge in [-0.3, -0.25) is 9.36 Å². The number of methoxy groups -OCH3 is 2. The second kappa shape index (κ2) is 15.9. The largest absolute Gasteiger partial charge is 0.497 e. The van der Waals surface area contributed by atoms with E-state index in [-0.39, 0.29) is 18.3 Å². The van der Waals surface area contributed by atoms with Crippen molar-refractivity contribution in [3.05, 3.63) is 144 Å². The van der Waals surface area contributed by atoms with E-state index in [2.05, 4.69) is 20.3 Å². The molecule has 1 aliphatic rings. The van der Waals surface area contributed by atoms with Crippen LogP contribution < -0.4 is 14.8 Å². The molecule has 1 amide bonds. The van der Waals surface area contributed by atoms with Gasteiger partial charge in [0.2, 0.25) is 6.13 Å². The van der Waals surface area contributed by atoms with E-state index in [1.807, 2.05) is 84.9 Å². The Kier molecular flexibility index (Phi) is 10.9. The zero-order valence-corrected chi connectivity index (χ0v) is 30.7. The van der Waals surface area contributed by atoms with Gasteiger partial charge in [-0.1, -0.05) is 72.8 Å². The maximum atomic E-state index is 12.9. The topological polar surface area (TPSA) is 119 Å². The summed E-state index contributed by atoms with van der Waals surface area (Å²) < 4.78 is 32.8. The van der Waals surface area contributed by atoms with Crippen LogP contribution in [0.15, 0.2) is 122 Å². The molecule has 2 unspecified atom stereocenters. The quantitative estimate of drug-likeness (QED) is 0.0740. The summed E-state index contributed by atoms with van der Waals surface area (Å²) in [7, 11) is 3.27. The molecule has 0 aliphatic carbocycles. The van der Waals surface area contributed by atoms with Gasteiger partial charge in [-0.2, -0.15) is 4.52 Å². The van der Waals surface area contributed by atoms with E-state index in [9.17, 15) is 4.79 Å². The molecule has 6 aromatic rings. The van der Waals surface area contributed by atoms with Gasteiger partial charge in [0.25, 0.3) is 5.91 Å². The normalized spacial score (nSPS) is 17.5. The Morgan fingerprint density at radius 1 is 0.885 bits per heavy atom. The molecule has 11 nitrogen and oxygen atoms in total. The number of anilines is 1. The Hall–Kier alpha value is -4.75. The van der Waals surface area contributed by atoms with Crippen molar-refractivity contribution in [2.45, 2.75) is 30.5 Å². The lowest BCUT2D eigenvalue weighted by Crippen LogP contribution is -2.38. The smallest absolute Gasteiger partial charge is 0.256 e. The molecule has 0 saturated carbocycles. The van der Waals surface area contributed by atoms with Crippen molar-refractivity contribution >= 4 is 53.1 Å². The first-order valence-corrected chi connectivity index (χ1v) is 19.7. The van der Waals surface area contributed by atoms with Gasteiger partial charge in [-0.15, -0.1) is 0 Å². The molecule has 1 saturated heterocycles. The second-order valence-electron chi connectivity index (χ2n) is 11.9. The summed E-state index contributed by atoms with van der Waals surface area (Å²) in [5.74, 6) is 1.42. The zero-order valence-electron chi connectivity index (χ0n) is 28.2. The predicted octanol–water partition coefficient (Wildman–Crippen LogP) is 7.10. The SMILES string of the molecule is COc1ccc(C(OC[C@H]2OC(n3cnc4c(NC(=O)c5ccccc5)ncnc43)C[C@@H]2O[P+](=S)[S-])(c2ccccc2)c2ccc(OC)cc2)cc1. The lowest BCUT2D eigenvalue weighted by Gasteiger charge is -2.37. The minimum absolute atomic E-state index is 0.113. The maximum Gasteiger partial charge on any atom is 0.256 e. The number of fused-ring (bicyclic) bond motifs is 1. The van der Waals surface area contributed by atoms with Crippen molar-refractivity contribution in [1.29, 1.82) is 0 Å². The van der Waals surface area contributed by atoms with Crippen LogP contribution in [0.5, 0.6) is 11.5 Å². The van der Waals surface area contributed by atoms with Crippen molar-refractivity contribution in [2.24, 2.45) is 0 Å². The first-order valence-electron chi connectivity index (χ1n) is 16.4. The highest BCUT2D eigenvalue weighted by Crippen LogP contribution is 2.44. The van der Waals surface area contributed by atoms with Gasteiger partial charge in [-0.25, -0.2) is 15.0 Å². The van der Waals surface area contributed by atoms with Gasteiger partial charge >= 0.3 is 0 Å². The fourth-order valence-corrected chi connectivity index (χ4v) is 7.55. The molecule has 2 aromatic heterocycles. The highest BCUT2D eigenvalue weighted by atomic mass is 32.9. The van der Waals surface area contributed by atoms with E-state index in [0.29, 0.717) is 23.1 Å². The molecule has 0 radical (unpaired) electrons. The van der Waals surface area contributed by atoms with Crippen molar-refractivity contribution in [3.8, 4) is 11.5 Å². The maximum absolute atomic E-state index is 12.9. The fraction of sp³-hybridized carbons (Fsp3) is 0.211. The predicted molar refractivity (Wildman–Crippen MR) is 203 cm³/mol. The average molecular weight is 752 g/mol. The van der Waals surface area contributed by atoms with Gasteiger partial charge in [0.05, 0.1) is 27.2 Å². The minimum atomic E-state index is -1.56. The number of rotatable bonds is 13. The molecule has 3 heterocycles. The molecular weight excluding hydrogens is 718 g/mol. The summed E-state index contributed by atoms with van der Waals surface area (Å²) in [6.07, 6.45) is 0.241. The monoisotopic (exact) mass is 751 g/mol. The molecule has 0 spiro atoms. The Labute approximate surface area is 312 Å². The molecular formula is C38H34N5O6PS2. The third-order valence-corrected chi connectivity index (χ3v) is 9.94. The first kappa shape index (κ1) is 35.6. The van der Waals surface area contributed by atoms with E-state index < -0.39 is 30.2 Å². The van der Waals surface area contributed by atoms with E-state index in [1.54, 1.807) is 49.4 Å². The number of carbonyl (C=O) groups excluding carboxylic acids is 1. The number of nitrogens with zero attached hydrogens (tertiary/aromatic N) is 4. The van der Waals surface area contributed by atoms with Crippen LogP contribution in [0.3, 0.4) is 0 Å². The average Bonchev–Trinajstić information content (AvgIpc) is 3.80. The van der Waals surface area contributed by atoms with Crippen molar-refractivity contribution in [2.75, 3.05) is 26.1 Å². The number of imidazole rings is 1. The Bertz CT molecular complexity index is 2110. The summed E-state index contributed by atoms with van der Waals surface area (Å²) in [6, 6.07) is 34.6. The molecule has 14 heteroatoms. The number of carbonyl (C=O) groups is 1. The van der Waals surface area contributed by atoms with Crippen LogP contribution in [0.25, 0.3) is 11.2 Å². The number of amides is 1. The van der Waals surface area contributed by atoms with Gasteiger partial charge in [-0.05, 0) is 53.1 Å². The van der Waals surface area contributed by atoms with Crippen molar-refractivity contribution < 1.29 is 28.3 Å². The highest BCUT2D eigenvalue weighted by molar-refractivity contribution is 8.45. The first-order chi connectivity index (χ1) is 25.4. The van der Waals surface area contributed by atoms with Crippen LogP contribution in [-0.2, 0) is 43.7 Å². The van der Waals surface area contributed by atoms with Crippen molar-refractivity contribution in [3.63, 3.8) is 0 Å². The standard InChI is InChI=1S/C38H34N5O6PS2/c1-45-29-17-13-27(14-18-29)38(26-11-7-4-8-12-26,28-15-19-30(46-2)20-16-28)47-22-32-31(49-50(51)52)21-33(48-32)43-24-41-34-35(39-23-40-36(34)43)42-37(44)25-9-5-3-6-10-25/h3-20,23-24,31-33H,21-22H2,1-2H3,(H,39,40,42,44)/t31-,32+,33?/m0/s1. The molecule has 4 atom stereocenters. The lowest BCUT2D eigenvalue weighted by molar-refractivity contribution is -0.0890. The molecule has 0 bridgehead atoms. The number of hydrogen-bond donors (Lipinski definition) is 1. The molecule has 1 fully saturated rings. The van der Waals surface area contributed by atoms with E-state index in [1.165, 1.54) is 6.33 Å². The van der Waals surface area contributed by atoms with Crippen LogP contribution in [0.4, 0.5) is 5.82 Å². The number of ether oxygens (including phenoxy) is 4. The van der Waals surface area contributed by atoms with E-state index in [0.717, 1.165) is 28.2 Å². The molecule has 52 heavy (non-hydrogen) atoms.